The predicted octanol–water partition coefficient (Wildman–Crippen LogP) is 3.66. The van der Waals surface area contributed by atoms with Crippen LogP contribution in [0.25, 0.3) is 6.08 Å². The summed E-state index contributed by atoms with van der Waals surface area (Å²) < 4.78 is 10.6. The third-order valence-electron chi connectivity index (χ3n) is 4.90. The smallest absolute Gasteiger partial charge is 0.223 e. The Bertz CT molecular complexity index is 918. The fourth-order valence-electron chi connectivity index (χ4n) is 3.13. The molecule has 0 aromatic heterocycles. The Hall–Kier alpha value is -3.30. The van der Waals surface area contributed by atoms with Gasteiger partial charge < -0.3 is 19.7 Å². The molecule has 0 heterocycles. The van der Waals surface area contributed by atoms with Gasteiger partial charge in [-0.3, -0.25) is 4.79 Å². The van der Waals surface area contributed by atoms with Crippen LogP contribution in [0.15, 0.2) is 48.5 Å². The number of hydrogen-bond acceptors (Lipinski definition) is 5. The SMILES string of the molecule is COc1ccc(CCN(C)CCCNC(=O)CC=Cc2cccc(C#N)c2)cc1OC. The molecule has 0 saturated heterocycles. The molecule has 6 nitrogen and oxygen atoms in total. The number of rotatable bonds is 12. The van der Waals surface area contributed by atoms with E-state index < -0.39 is 0 Å². The normalized spacial score (nSPS) is 10.8. The number of nitriles is 1. The van der Waals surface area contributed by atoms with Crippen LogP contribution in [0.2, 0.25) is 0 Å². The molecule has 164 valence electrons. The Labute approximate surface area is 185 Å². The Morgan fingerprint density at radius 2 is 1.94 bits per heavy atom. The summed E-state index contributed by atoms with van der Waals surface area (Å²) >= 11 is 0. The molecule has 0 aliphatic carbocycles. The van der Waals surface area contributed by atoms with E-state index in [0.717, 1.165) is 43.0 Å². The van der Waals surface area contributed by atoms with Crippen LogP contribution in [0.3, 0.4) is 0 Å². The Balaban J connectivity index is 1.62. The van der Waals surface area contributed by atoms with E-state index in [-0.39, 0.29) is 5.91 Å². The van der Waals surface area contributed by atoms with Gasteiger partial charge >= 0.3 is 0 Å². The van der Waals surface area contributed by atoms with Crippen molar-refractivity contribution in [2.75, 3.05) is 40.9 Å². The van der Waals surface area contributed by atoms with Crippen LogP contribution < -0.4 is 14.8 Å². The summed E-state index contributed by atoms with van der Waals surface area (Å²) in [6, 6.07) is 15.4. The molecule has 0 spiro atoms. The molecule has 2 aromatic carbocycles. The van der Waals surface area contributed by atoms with Crippen molar-refractivity contribution in [1.29, 1.82) is 5.26 Å². The average Bonchev–Trinajstić information content (AvgIpc) is 2.80. The zero-order valence-electron chi connectivity index (χ0n) is 18.6. The molecule has 31 heavy (non-hydrogen) atoms. The molecule has 1 amide bonds. The van der Waals surface area contributed by atoms with Crippen LogP contribution in [0.4, 0.5) is 0 Å². The lowest BCUT2D eigenvalue weighted by Crippen LogP contribution is -2.28. The minimum atomic E-state index is 0.000619. The van der Waals surface area contributed by atoms with Crippen molar-refractivity contribution in [3.8, 4) is 17.6 Å². The number of nitrogens with one attached hydrogen (secondary N) is 1. The fourth-order valence-corrected chi connectivity index (χ4v) is 3.13. The molecule has 1 N–H and O–H groups in total. The number of ether oxygens (including phenoxy) is 2. The van der Waals surface area contributed by atoms with Crippen LogP contribution in [0.5, 0.6) is 11.5 Å². The van der Waals surface area contributed by atoms with E-state index in [1.165, 1.54) is 5.56 Å². The molecule has 0 bridgehead atoms. The zero-order chi connectivity index (χ0) is 22.5. The highest BCUT2D eigenvalue weighted by Gasteiger charge is 2.06. The van der Waals surface area contributed by atoms with Gasteiger partial charge in [0.2, 0.25) is 5.91 Å². The van der Waals surface area contributed by atoms with E-state index >= 15 is 0 Å². The van der Waals surface area contributed by atoms with Gasteiger partial charge in [0.25, 0.3) is 0 Å². The molecule has 6 heteroatoms. The second-order valence-corrected chi connectivity index (χ2v) is 7.29. The van der Waals surface area contributed by atoms with Gasteiger partial charge in [0.1, 0.15) is 0 Å². The molecule has 0 atom stereocenters. The van der Waals surface area contributed by atoms with E-state index in [9.17, 15) is 4.79 Å². The summed E-state index contributed by atoms with van der Waals surface area (Å²) in [6.45, 7) is 2.48. The number of hydrogen-bond donors (Lipinski definition) is 1. The highest BCUT2D eigenvalue weighted by atomic mass is 16.5. The number of carbonyl (C=O) groups is 1. The Kier molecular flexibility index (Phi) is 10.1. The largest absolute Gasteiger partial charge is 0.493 e. The van der Waals surface area contributed by atoms with Gasteiger partial charge in [0, 0.05) is 19.5 Å². The number of carbonyl (C=O) groups excluding carboxylic acids is 1. The summed E-state index contributed by atoms with van der Waals surface area (Å²) in [7, 11) is 5.36. The molecule has 2 aromatic rings. The zero-order valence-corrected chi connectivity index (χ0v) is 18.6. The Morgan fingerprint density at radius 1 is 1.13 bits per heavy atom. The number of amides is 1. The van der Waals surface area contributed by atoms with Crippen LogP contribution >= 0.6 is 0 Å². The summed E-state index contributed by atoms with van der Waals surface area (Å²) in [5, 5.41) is 11.9. The molecule has 2 rings (SSSR count). The minimum Gasteiger partial charge on any atom is -0.493 e. The van der Waals surface area contributed by atoms with Crippen molar-refractivity contribution in [1.82, 2.24) is 10.2 Å². The van der Waals surface area contributed by atoms with E-state index in [0.29, 0.717) is 18.5 Å². The Morgan fingerprint density at radius 3 is 2.68 bits per heavy atom. The first-order chi connectivity index (χ1) is 15.0. The van der Waals surface area contributed by atoms with Gasteiger partial charge in [0.15, 0.2) is 11.5 Å². The fraction of sp³-hybridized carbons (Fsp3) is 0.360. The number of methoxy groups -OCH3 is 2. The van der Waals surface area contributed by atoms with E-state index in [4.69, 9.17) is 14.7 Å². The molecule has 0 aliphatic rings. The lowest BCUT2D eigenvalue weighted by molar-refractivity contribution is -0.120. The lowest BCUT2D eigenvalue weighted by Gasteiger charge is -2.17. The summed E-state index contributed by atoms with van der Waals surface area (Å²) in [5.41, 5.74) is 2.73. The monoisotopic (exact) mass is 421 g/mol. The van der Waals surface area contributed by atoms with Gasteiger partial charge in [0.05, 0.1) is 25.9 Å². The molecule has 0 fully saturated rings. The van der Waals surface area contributed by atoms with Crippen molar-refractivity contribution in [2.24, 2.45) is 0 Å². The summed E-state index contributed by atoms with van der Waals surface area (Å²) in [6.07, 6.45) is 5.82. The lowest BCUT2D eigenvalue weighted by atomic mass is 10.1. The topological polar surface area (TPSA) is 74.6 Å². The molecule has 0 saturated carbocycles. The van der Waals surface area contributed by atoms with E-state index in [1.807, 2.05) is 36.4 Å². The van der Waals surface area contributed by atoms with Crippen LogP contribution in [0.1, 0.15) is 29.5 Å². The quantitative estimate of drug-likeness (QED) is 0.530. The summed E-state index contributed by atoms with van der Waals surface area (Å²) in [4.78, 5) is 14.2. The van der Waals surface area contributed by atoms with Gasteiger partial charge in [-0.05, 0) is 61.8 Å². The number of likely N-dealkylation sites (N-methyl/N-ethyl adjacent to an activating group) is 1. The second-order valence-electron chi connectivity index (χ2n) is 7.29. The van der Waals surface area contributed by atoms with Crippen molar-refractivity contribution in [3.05, 3.63) is 65.2 Å². The van der Waals surface area contributed by atoms with Crippen LogP contribution in [0, 0.1) is 11.3 Å². The maximum absolute atomic E-state index is 12.0. The van der Waals surface area contributed by atoms with Crippen molar-refractivity contribution < 1.29 is 14.3 Å². The van der Waals surface area contributed by atoms with E-state index in [1.54, 1.807) is 26.4 Å². The second kappa shape index (κ2) is 13.1. The maximum Gasteiger partial charge on any atom is 0.223 e. The van der Waals surface area contributed by atoms with Gasteiger partial charge in [-0.2, -0.15) is 5.26 Å². The molecule has 0 unspecified atom stereocenters. The maximum atomic E-state index is 12.0. The first-order valence-electron chi connectivity index (χ1n) is 10.4. The predicted molar refractivity (Wildman–Crippen MR) is 123 cm³/mol. The van der Waals surface area contributed by atoms with Gasteiger partial charge in [-0.25, -0.2) is 0 Å². The van der Waals surface area contributed by atoms with Crippen LogP contribution in [-0.4, -0.2) is 51.7 Å². The molecule has 0 radical (unpaired) electrons. The van der Waals surface area contributed by atoms with Gasteiger partial charge in [-0.15, -0.1) is 0 Å². The van der Waals surface area contributed by atoms with E-state index in [2.05, 4.69) is 29.4 Å². The molecular weight excluding hydrogens is 390 g/mol. The van der Waals surface area contributed by atoms with Crippen molar-refractivity contribution in [2.45, 2.75) is 19.3 Å². The van der Waals surface area contributed by atoms with Crippen molar-refractivity contribution in [3.63, 3.8) is 0 Å². The first-order valence-corrected chi connectivity index (χ1v) is 10.4. The van der Waals surface area contributed by atoms with Crippen LogP contribution in [-0.2, 0) is 11.2 Å². The highest BCUT2D eigenvalue weighted by molar-refractivity contribution is 5.78. The highest BCUT2D eigenvalue weighted by Crippen LogP contribution is 2.27. The minimum absolute atomic E-state index is 0.000619. The van der Waals surface area contributed by atoms with Gasteiger partial charge in [-0.1, -0.05) is 30.4 Å². The average molecular weight is 422 g/mol. The number of benzene rings is 2. The summed E-state index contributed by atoms with van der Waals surface area (Å²) in [5.74, 6) is 1.48. The van der Waals surface area contributed by atoms with Crippen molar-refractivity contribution >= 4 is 12.0 Å². The molecule has 0 aliphatic heterocycles. The number of nitrogens with zero attached hydrogens (tertiary/aromatic N) is 2. The standard InChI is InChI=1S/C25H31N3O3/c1-28(16-13-21-11-12-23(30-2)24(18-21)31-3)15-6-14-27-25(29)10-5-8-20-7-4-9-22(17-20)19-26/h4-5,7-9,11-12,17-18H,6,10,13-16H2,1-3H3,(H,27,29). The molecular formula is C25H31N3O3. The first kappa shape index (κ1) is 24.0. The third kappa shape index (κ3) is 8.53. The third-order valence-corrected chi connectivity index (χ3v) is 4.90.